The molecule has 0 unspecified atom stereocenters. The number of rotatable bonds is 7. The van der Waals surface area contributed by atoms with E-state index >= 15 is 0 Å². The Morgan fingerprint density at radius 3 is 3.00 bits per heavy atom. The summed E-state index contributed by atoms with van der Waals surface area (Å²) < 4.78 is 13.2. The highest BCUT2D eigenvalue weighted by molar-refractivity contribution is 7.98. The molecular formula is C16H23FN4S. The van der Waals surface area contributed by atoms with Gasteiger partial charge in [-0.1, -0.05) is 0 Å². The Morgan fingerprint density at radius 1 is 1.36 bits per heavy atom. The van der Waals surface area contributed by atoms with E-state index in [1.807, 2.05) is 12.3 Å². The molecule has 0 fully saturated rings. The summed E-state index contributed by atoms with van der Waals surface area (Å²) in [5.74, 6) is 1.65. The lowest BCUT2D eigenvalue weighted by Gasteiger charge is -2.10. The number of aromatic amines is 1. The van der Waals surface area contributed by atoms with Gasteiger partial charge >= 0.3 is 0 Å². The first-order chi connectivity index (χ1) is 10.7. The van der Waals surface area contributed by atoms with Crippen molar-refractivity contribution in [3.63, 3.8) is 0 Å². The second-order valence-corrected chi connectivity index (χ2v) is 5.92. The monoisotopic (exact) mass is 322 g/mol. The van der Waals surface area contributed by atoms with Crippen molar-refractivity contribution in [3.8, 4) is 0 Å². The number of halogens is 1. The van der Waals surface area contributed by atoms with E-state index in [4.69, 9.17) is 0 Å². The van der Waals surface area contributed by atoms with Gasteiger partial charge in [0.15, 0.2) is 5.96 Å². The highest BCUT2D eigenvalue weighted by atomic mass is 32.2. The molecule has 0 spiro atoms. The zero-order chi connectivity index (χ0) is 15.8. The summed E-state index contributed by atoms with van der Waals surface area (Å²) in [4.78, 5) is 7.63. The molecular weight excluding hydrogens is 299 g/mol. The first-order valence-corrected chi connectivity index (χ1v) is 8.90. The topological polar surface area (TPSA) is 52.2 Å². The Hall–Kier alpha value is -1.69. The number of fused-ring (bicyclic) bond motifs is 1. The molecule has 2 rings (SSSR count). The average Bonchev–Trinajstić information content (AvgIpc) is 2.90. The molecule has 3 N–H and O–H groups in total. The van der Waals surface area contributed by atoms with E-state index in [1.165, 1.54) is 17.7 Å². The lowest BCUT2D eigenvalue weighted by atomic mass is 10.1. The molecule has 1 heterocycles. The van der Waals surface area contributed by atoms with E-state index in [9.17, 15) is 4.39 Å². The number of nitrogens with one attached hydrogen (secondary N) is 3. The first kappa shape index (κ1) is 16.7. The van der Waals surface area contributed by atoms with Crippen molar-refractivity contribution in [3.05, 3.63) is 35.8 Å². The fraction of sp³-hybridized carbons (Fsp3) is 0.438. The molecule has 4 nitrogen and oxygen atoms in total. The largest absolute Gasteiger partial charge is 0.361 e. The number of aromatic nitrogens is 1. The number of aliphatic imine (C=N–C) groups is 1. The normalized spacial score (nSPS) is 11.9. The Morgan fingerprint density at radius 2 is 2.23 bits per heavy atom. The summed E-state index contributed by atoms with van der Waals surface area (Å²) in [6.07, 6.45) is 4.89. The van der Waals surface area contributed by atoms with Crippen LogP contribution < -0.4 is 10.6 Å². The Labute approximate surface area is 135 Å². The Bertz CT molecular complexity index is 624. The maximum absolute atomic E-state index is 13.2. The summed E-state index contributed by atoms with van der Waals surface area (Å²) in [7, 11) is 0. The minimum atomic E-state index is -0.214. The van der Waals surface area contributed by atoms with Gasteiger partial charge in [-0.05, 0) is 43.4 Å². The van der Waals surface area contributed by atoms with Gasteiger partial charge in [0.25, 0.3) is 0 Å². The number of thioether (sulfide) groups is 1. The van der Waals surface area contributed by atoms with Gasteiger partial charge in [-0.15, -0.1) is 0 Å². The number of nitrogens with zero attached hydrogens (tertiary/aromatic N) is 1. The van der Waals surface area contributed by atoms with Gasteiger partial charge < -0.3 is 15.6 Å². The molecule has 120 valence electrons. The quantitative estimate of drug-likeness (QED) is 0.417. The van der Waals surface area contributed by atoms with Gasteiger partial charge in [0.05, 0.1) is 6.54 Å². The zero-order valence-corrected chi connectivity index (χ0v) is 13.9. The third-order valence-corrected chi connectivity index (χ3v) is 3.92. The van der Waals surface area contributed by atoms with E-state index in [0.29, 0.717) is 0 Å². The van der Waals surface area contributed by atoms with Crippen molar-refractivity contribution in [1.82, 2.24) is 15.6 Å². The third-order valence-electron chi connectivity index (χ3n) is 3.33. The molecule has 0 aliphatic rings. The van der Waals surface area contributed by atoms with Crippen LogP contribution in [0.15, 0.2) is 29.4 Å². The minimum Gasteiger partial charge on any atom is -0.361 e. The predicted octanol–water partition coefficient (Wildman–Crippen LogP) is 2.77. The molecule has 6 heteroatoms. The zero-order valence-electron chi connectivity index (χ0n) is 13.1. The van der Waals surface area contributed by atoms with Crippen LogP contribution in [0.5, 0.6) is 0 Å². The molecule has 22 heavy (non-hydrogen) atoms. The van der Waals surface area contributed by atoms with Gasteiger partial charge in [-0.3, -0.25) is 4.99 Å². The summed E-state index contributed by atoms with van der Waals surface area (Å²) in [6, 6.07) is 4.86. The third kappa shape index (κ3) is 4.66. The number of benzene rings is 1. The molecule has 2 aromatic rings. The average molecular weight is 322 g/mol. The van der Waals surface area contributed by atoms with Crippen molar-refractivity contribution in [1.29, 1.82) is 0 Å². The van der Waals surface area contributed by atoms with Crippen LogP contribution in [-0.2, 0) is 6.42 Å². The Balaban J connectivity index is 1.91. The van der Waals surface area contributed by atoms with Crippen LogP contribution in [0.2, 0.25) is 0 Å². The SMILES string of the molecule is CCNC(=NCCSC)NCCc1c[nH]c2cc(F)ccc12. The smallest absolute Gasteiger partial charge is 0.191 e. The van der Waals surface area contributed by atoms with Crippen LogP contribution in [-0.4, -0.2) is 42.6 Å². The van der Waals surface area contributed by atoms with Crippen molar-refractivity contribution < 1.29 is 4.39 Å². The predicted molar refractivity (Wildman–Crippen MR) is 94.3 cm³/mol. The summed E-state index contributed by atoms with van der Waals surface area (Å²) in [5, 5.41) is 7.65. The molecule has 0 aliphatic heterocycles. The second kappa shape index (κ2) is 8.68. The van der Waals surface area contributed by atoms with Crippen LogP contribution in [0.1, 0.15) is 12.5 Å². The Kier molecular flexibility index (Phi) is 6.58. The van der Waals surface area contributed by atoms with Crippen molar-refractivity contribution in [2.45, 2.75) is 13.3 Å². The van der Waals surface area contributed by atoms with Crippen LogP contribution in [0.25, 0.3) is 10.9 Å². The molecule has 1 aromatic carbocycles. The van der Waals surface area contributed by atoms with E-state index in [-0.39, 0.29) is 5.82 Å². The van der Waals surface area contributed by atoms with Gasteiger partial charge in [-0.25, -0.2) is 4.39 Å². The number of hydrogen-bond donors (Lipinski definition) is 3. The van der Waals surface area contributed by atoms with Crippen LogP contribution in [0.4, 0.5) is 4.39 Å². The number of guanidine groups is 1. The fourth-order valence-corrected chi connectivity index (χ4v) is 2.55. The van der Waals surface area contributed by atoms with Gasteiger partial charge in [-0.2, -0.15) is 11.8 Å². The standard InChI is InChI=1S/C16H23FN4S/c1-3-18-16(20-8-9-22-2)19-7-6-12-11-21-15-10-13(17)4-5-14(12)15/h4-5,10-11,21H,3,6-9H2,1-2H3,(H2,18,19,20). The molecule has 0 radical (unpaired) electrons. The van der Waals surface area contributed by atoms with Gasteiger partial charge in [0.2, 0.25) is 0 Å². The molecule has 0 amide bonds. The van der Waals surface area contributed by atoms with Crippen molar-refractivity contribution in [2.24, 2.45) is 4.99 Å². The summed E-state index contributed by atoms with van der Waals surface area (Å²) >= 11 is 1.79. The van der Waals surface area contributed by atoms with Crippen molar-refractivity contribution in [2.75, 3.05) is 31.6 Å². The van der Waals surface area contributed by atoms with Crippen LogP contribution >= 0.6 is 11.8 Å². The summed E-state index contributed by atoms with van der Waals surface area (Å²) in [5.41, 5.74) is 2.03. The highest BCUT2D eigenvalue weighted by Gasteiger charge is 2.05. The van der Waals surface area contributed by atoms with Crippen molar-refractivity contribution >= 4 is 28.6 Å². The first-order valence-electron chi connectivity index (χ1n) is 7.51. The van der Waals surface area contributed by atoms with E-state index < -0.39 is 0 Å². The van der Waals surface area contributed by atoms with E-state index in [1.54, 1.807) is 11.8 Å². The molecule has 0 saturated carbocycles. The molecule has 0 saturated heterocycles. The highest BCUT2D eigenvalue weighted by Crippen LogP contribution is 2.19. The van der Waals surface area contributed by atoms with E-state index in [2.05, 4.69) is 33.8 Å². The van der Waals surface area contributed by atoms with E-state index in [0.717, 1.165) is 48.7 Å². The van der Waals surface area contributed by atoms with Gasteiger partial charge in [0, 0.05) is 35.9 Å². The summed E-state index contributed by atoms with van der Waals surface area (Å²) in [6.45, 7) is 4.50. The van der Waals surface area contributed by atoms with Gasteiger partial charge in [0.1, 0.15) is 5.82 Å². The minimum absolute atomic E-state index is 0.214. The molecule has 0 aliphatic carbocycles. The number of H-pyrrole nitrogens is 1. The maximum Gasteiger partial charge on any atom is 0.191 e. The lowest BCUT2D eigenvalue weighted by molar-refractivity contribution is 0.629. The van der Waals surface area contributed by atoms with Crippen LogP contribution in [0.3, 0.4) is 0 Å². The molecule has 1 aromatic heterocycles. The second-order valence-electron chi connectivity index (χ2n) is 4.93. The lowest BCUT2D eigenvalue weighted by Crippen LogP contribution is -2.38. The van der Waals surface area contributed by atoms with Crippen LogP contribution in [0, 0.1) is 5.82 Å². The fourth-order valence-electron chi connectivity index (χ4n) is 2.27. The molecule has 0 atom stereocenters. The molecule has 0 bridgehead atoms. The maximum atomic E-state index is 13.2. The number of hydrogen-bond acceptors (Lipinski definition) is 2.